The van der Waals surface area contributed by atoms with Crippen molar-refractivity contribution in [3.63, 3.8) is 0 Å². The van der Waals surface area contributed by atoms with Crippen LogP contribution in [0, 0.1) is 0 Å². The van der Waals surface area contributed by atoms with Gasteiger partial charge in [-0.25, -0.2) is 0 Å². The maximum atomic E-state index is 12.0. The predicted molar refractivity (Wildman–Crippen MR) is 95.9 cm³/mol. The summed E-state index contributed by atoms with van der Waals surface area (Å²) in [4.78, 5) is 12.0. The number of Topliss-reactive ketones (excluding diaryl/α,β-unsaturated/α-hetero) is 1. The Labute approximate surface area is 143 Å². The molecule has 4 bridgehead atoms. The lowest BCUT2D eigenvalue weighted by Gasteiger charge is -2.15. The number of hydrogen-bond donors (Lipinski definition) is 0. The third-order valence-electron chi connectivity index (χ3n) is 4.68. The maximum absolute atomic E-state index is 12.0. The molecule has 0 aliphatic heterocycles. The van der Waals surface area contributed by atoms with Gasteiger partial charge in [0.2, 0.25) is 0 Å². The summed E-state index contributed by atoms with van der Waals surface area (Å²) in [6.45, 7) is 0. The number of fused-ring (bicyclic) bond motifs is 5. The summed E-state index contributed by atoms with van der Waals surface area (Å²) >= 11 is 0. The summed E-state index contributed by atoms with van der Waals surface area (Å²) in [5.41, 5.74) is 4.51. The summed E-state index contributed by atoms with van der Waals surface area (Å²) in [5, 5.41) is 0. The van der Waals surface area contributed by atoms with Crippen LogP contribution in [-0.4, -0.2) is 20.0 Å². The maximum Gasteiger partial charge on any atom is 0.133 e. The molecular weight excluding hydrogens is 300 g/mol. The van der Waals surface area contributed by atoms with E-state index >= 15 is 0 Å². The summed E-state index contributed by atoms with van der Waals surface area (Å²) in [7, 11) is 3.38. The third kappa shape index (κ3) is 3.61. The molecule has 0 heterocycles. The number of rotatable bonds is 2. The molecule has 0 amide bonds. The van der Waals surface area contributed by atoms with E-state index in [1.165, 1.54) is 5.56 Å². The largest absolute Gasteiger partial charge is 0.496 e. The molecule has 3 nitrogen and oxygen atoms in total. The first-order valence-electron chi connectivity index (χ1n) is 8.57. The van der Waals surface area contributed by atoms with E-state index in [9.17, 15) is 4.79 Å². The van der Waals surface area contributed by atoms with Crippen LogP contribution in [0.2, 0.25) is 0 Å². The molecule has 0 saturated carbocycles. The summed E-state index contributed by atoms with van der Waals surface area (Å²) in [6, 6.07) is 12.5. The van der Waals surface area contributed by atoms with Crippen molar-refractivity contribution in [2.24, 2.45) is 0 Å². The van der Waals surface area contributed by atoms with Gasteiger partial charge in [0.25, 0.3) is 0 Å². The van der Waals surface area contributed by atoms with Crippen LogP contribution in [0.1, 0.15) is 36.8 Å². The monoisotopic (exact) mass is 324 g/mol. The number of ether oxygens (including phenoxy) is 2. The van der Waals surface area contributed by atoms with E-state index in [4.69, 9.17) is 9.47 Å². The van der Waals surface area contributed by atoms with Crippen molar-refractivity contribution in [2.75, 3.05) is 14.2 Å². The van der Waals surface area contributed by atoms with Crippen molar-refractivity contribution in [3.05, 3.63) is 47.5 Å². The third-order valence-corrected chi connectivity index (χ3v) is 4.68. The van der Waals surface area contributed by atoms with Gasteiger partial charge in [-0.1, -0.05) is 12.1 Å². The molecule has 126 valence electrons. The Morgan fingerprint density at radius 1 is 0.708 bits per heavy atom. The number of methoxy groups -OCH3 is 2. The zero-order valence-electron chi connectivity index (χ0n) is 14.4. The number of carbonyl (C=O) groups excluding carboxylic acids is 1. The van der Waals surface area contributed by atoms with E-state index in [2.05, 4.69) is 18.2 Å². The molecule has 24 heavy (non-hydrogen) atoms. The highest BCUT2D eigenvalue weighted by molar-refractivity contribution is 5.79. The number of aryl methyl sites for hydroxylation is 2. The fourth-order valence-electron chi connectivity index (χ4n) is 3.30. The zero-order valence-corrected chi connectivity index (χ0v) is 14.4. The van der Waals surface area contributed by atoms with E-state index in [1.54, 1.807) is 14.2 Å². The van der Waals surface area contributed by atoms with Crippen molar-refractivity contribution < 1.29 is 14.3 Å². The second-order valence-corrected chi connectivity index (χ2v) is 6.32. The van der Waals surface area contributed by atoms with E-state index < -0.39 is 0 Å². The Bertz CT molecular complexity index is 734. The molecule has 0 atom stereocenters. The van der Waals surface area contributed by atoms with Gasteiger partial charge in [-0.2, -0.15) is 0 Å². The fourth-order valence-corrected chi connectivity index (χ4v) is 3.30. The highest BCUT2D eigenvalue weighted by Gasteiger charge is 2.14. The summed E-state index contributed by atoms with van der Waals surface area (Å²) < 4.78 is 11.1. The van der Waals surface area contributed by atoms with Crippen LogP contribution >= 0.6 is 0 Å². The summed E-state index contributed by atoms with van der Waals surface area (Å²) in [6.07, 6.45) is 5.05. The first-order valence-corrected chi connectivity index (χ1v) is 8.57. The lowest BCUT2D eigenvalue weighted by atomic mass is 9.96. The fraction of sp³-hybridized carbons (Fsp3) is 0.381. The Balaban J connectivity index is 2.12. The molecule has 0 unspecified atom stereocenters. The van der Waals surface area contributed by atoms with Gasteiger partial charge in [0.05, 0.1) is 14.2 Å². The molecule has 1 aliphatic rings. The molecule has 2 aromatic rings. The molecule has 0 aromatic heterocycles. The van der Waals surface area contributed by atoms with Crippen molar-refractivity contribution >= 4 is 5.78 Å². The van der Waals surface area contributed by atoms with E-state index in [0.29, 0.717) is 18.6 Å². The Hall–Kier alpha value is -2.29. The SMILES string of the molecule is COc1ccc2cc1-c1cc(ccc1OC)CCC(=O)CCCC2. The van der Waals surface area contributed by atoms with E-state index in [-0.39, 0.29) is 0 Å². The Kier molecular flexibility index (Phi) is 5.19. The molecule has 1 aliphatic carbocycles. The van der Waals surface area contributed by atoms with Crippen molar-refractivity contribution in [2.45, 2.75) is 38.5 Å². The lowest BCUT2D eigenvalue weighted by molar-refractivity contribution is -0.119. The quantitative estimate of drug-likeness (QED) is 0.810. The zero-order chi connectivity index (χ0) is 16.9. The minimum absolute atomic E-state index is 0.357. The second-order valence-electron chi connectivity index (χ2n) is 6.32. The second kappa shape index (κ2) is 7.52. The summed E-state index contributed by atoms with van der Waals surface area (Å²) in [5.74, 6) is 2.03. The van der Waals surface area contributed by atoms with Gasteiger partial charge in [0.15, 0.2) is 0 Å². The van der Waals surface area contributed by atoms with Gasteiger partial charge >= 0.3 is 0 Å². The van der Waals surface area contributed by atoms with Gasteiger partial charge in [-0.15, -0.1) is 0 Å². The lowest BCUT2D eigenvalue weighted by Crippen LogP contribution is -2.00. The molecule has 0 radical (unpaired) electrons. The molecule has 3 rings (SSSR count). The first-order chi connectivity index (χ1) is 11.7. The van der Waals surface area contributed by atoms with Crippen LogP contribution in [-0.2, 0) is 17.6 Å². The smallest absolute Gasteiger partial charge is 0.133 e. The van der Waals surface area contributed by atoms with Gasteiger partial charge in [0, 0.05) is 24.0 Å². The van der Waals surface area contributed by atoms with Crippen LogP contribution in [0.3, 0.4) is 0 Å². The standard InChI is InChI=1S/C21H24O3/c1-23-20-11-8-15-5-3-4-6-17(22)10-7-16-9-12-21(24-2)19(14-16)18(20)13-15/h8-9,11-14H,3-7,10H2,1-2H3. The molecule has 2 aromatic carbocycles. The van der Waals surface area contributed by atoms with Gasteiger partial charge < -0.3 is 9.47 Å². The van der Waals surface area contributed by atoms with Gasteiger partial charge in [0.1, 0.15) is 17.3 Å². The Morgan fingerprint density at radius 2 is 1.25 bits per heavy atom. The number of carbonyl (C=O) groups is 1. The number of benzene rings is 2. The predicted octanol–water partition coefficient (Wildman–Crippen LogP) is 4.60. The normalized spacial score (nSPS) is 15.0. The molecule has 3 heteroatoms. The van der Waals surface area contributed by atoms with Crippen molar-refractivity contribution in [3.8, 4) is 22.6 Å². The molecular formula is C21H24O3. The van der Waals surface area contributed by atoms with Crippen LogP contribution in [0.25, 0.3) is 11.1 Å². The number of ketones is 1. The minimum atomic E-state index is 0.357. The van der Waals surface area contributed by atoms with Crippen LogP contribution in [0.15, 0.2) is 36.4 Å². The van der Waals surface area contributed by atoms with Crippen LogP contribution in [0.4, 0.5) is 0 Å². The average molecular weight is 324 g/mol. The molecule has 0 N–H and O–H groups in total. The van der Waals surface area contributed by atoms with Gasteiger partial charge in [-0.05, 0) is 61.1 Å². The van der Waals surface area contributed by atoms with Crippen LogP contribution < -0.4 is 9.47 Å². The topological polar surface area (TPSA) is 35.5 Å². The van der Waals surface area contributed by atoms with Crippen molar-refractivity contribution in [1.82, 2.24) is 0 Å². The van der Waals surface area contributed by atoms with Crippen LogP contribution in [0.5, 0.6) is 11.5 Å². The van der Waals surface area contributed by atoms with E-state index in [0.717, 1.165) is 53.9 Å². The Morgan fingerprint density at radius 3 is 1.83 bits per heavy atom. The molecule has 0 saturated heterocycles. The van der Waals surface area contributed by atoms with Crippen molar-refractivity contribution in [1.29, 1.82) is 0 Å². The highest BCUT2D eigenvalue weighted by Crippen LogP contribution is 2.38. The van der Waals surface area contributed by atoms with Gasteiger partial charge in [-0.3, -0.25) is 4.79 Å². The molecule has 0 fully saturated rings. The number of hydrogen-bond acceptors (Lipinski definition) is 3. The van der Waals surface area contributed by atoms with E-state index in [1.807, 2.05) is 18.2 Å². The minimum Gasteiger partial charge on any atom is -0.496 e. The highest BCUT2D eigenvalue weighted by atomic mass is 16.5. The average Bonchev–Trinajstić information content (AvgIpc) is 2.63. The first kappa shape index (κ1) is 16.6. The molecule has 0 spiro atoms.